The van der Waals surface area contributed by atoms with E-state index < -0.39 is 0 Å². The Morgan fingerprint density at radius 1 is 1.22 bits per heavy atom. The number of fused-ring (bicyclic) bond motifs is 3. The minimum Gasteiger partial charge on any atom is -0.484 e. The third-order valence-corrected chi connectivity index (χ3v) is 5.45. The van der Waals surface area contributed by atoms with Crippen molar-refractivity contribution in [3.8, 4) is 5.75 Å². The van der Waals surface area contributed by atoms with Gasteiger partial charge < -0.3 is 14.6 Å². The highest BCUT2D eigenvalue weighted by molar-refractivity contribution is 6.30. The second-order valence-corrected chi connectivity index (χ2v) is 7.79. The molecule has 0 saturated heterocycles. The first-order chi connectivity index (χ1) is 13.0. The number of H-pyrrole nitrogens is 1. The summed E-state index contributed by atoms with van der Waals surface area (Å²) in [6, 6.07) is 13.7. The maximum Gasteiger partial charge on any atom is 0.260 e. The van der Waals surface area contributed by atoms with Crippen LogP contribution < -0.4 is 4.74 Å². The average molecular weight is 383 g/mol. The van der Waals surface area contributed by atoms with Gasteiger partial charge in [0.2, 0.25) is 0 Å². The molecule has 1 amide bonds. The summed E-state index contributed by atoms with van der Waals surface area (Å²) in [5, 5.41) is 1.88. The van der Waals surface area contributed by atoms with Crippen molar-refractivity contribution in [1.29, 1.82) is 0 Å². The predicted octanol–water partition coefficient (Wildman–Crippen LogP) is 4.91. The Bertz CT molecular complexity index is 976. The van der Waals surface area contributed by atoms with Crippen LogP contribution in [-0.2, 0) is 17.8 Å². The molecule has 4 nitrogen and oxygen atoms in total. The lowest BCUT2D eigenvalue weighted by Crippen LogP contribution is -2.38. The highest BCUT2D eigenvalue weighted by Crippen LogP contribution is 2.30. The molecule has 1 N–H and O–H groups in total. The second kappa shape index (κ2) is 7.28. The van der Waals surface area contributed by atoms with Gasteiger partial charge in [0.05, 0.1) is 0 Å². The summed E-state index contributed by atoms with van der Waals surface area (Å²) in [7, 11) is 0. The number of carbonyl (C=O) groups is 1. The lowest BCUT2D eigenvalue weighted by Gasteiger charge is -2.27. The van der Waals surface area contributed by atoms with Crippen molar-refractivity contribution in [3.05, 3.63) is 64.3 Å². The third-order valence-electron chi connectivity index (χ3n) is 5.19. The average Bonchev–Trinajstić information content (AvgIpc) is 3.04. The standard InChI is InChI=1S/C22H23ClN2O2/c1-14(2)15-3-8-20-18(11-15)19-12-25(10-9-21(19)24-20)22(26)13-27-17-6-4-16(23)5-7-17/h3-8,11,14,24H,9-10,12-13H2,1-2H3. The number of amides is 1. The van der Waals surface area contributed by atoms with Gasteiger partial charge in [0, 0.05) is 46.7 Å². The molecule has 0 aliphatic carbocycles. The van der Waals surface area contributed by atoms with Crippen LogP contribution in [0.4, 0.5) is 0 Å². The minimum absolute atomic E-state index is 0.00460. The number of rotatable bonds is 4. The fourth-order valence-corrected chi connectivity index (χ4v) is 3.70. The normalized spacial score (nSPS) is 13.9. The zero-order valence-electron chi connectivity index (χ0n) is 15.6. The molecule has 140 valence electrons. The number of aromatic nitrogens is 1. The monoisotopic (exact) mass is 382 g/mol. The first kappa shape index (κ1) is 17.9. The molecule has 1 aliphatic rings. The second-order valence-electron chi connectivity index (χ2n) is 7.35. The summed E-state index contributed by atoms with van der Waals surface area (Å²) in [5.41, 5.74) is 4.95. The SMILES string of the molecule is CC(C)c1ccc2[nH]c3c(c2c1)CN(C(=O)COc1ccc(Cl)cc1)CC3. The summed E-state index contributed by atoms with van der Waals surface area (Å²) in [4.78, 5) is 18.1. The summed E-state index contributed by atoms with van der Waals surface area (Å²) in [5.74, 6) is 1.14. The molecule has 0 atom stereocenters. The smallest absolute Gasteiger partial charge is 0.260 e. The van der Waals surface area contributed by atoms with Crippen molar-refractivity contribution in [3.63, 3.8) is 0 Å². The van der Waals surface area contributed by atoms with Gasteiger partial charge in [0.25, 0.3) is 5.91 Å². The molecule has 1 aromatic heterocycles. The van der Waals surface area contributed by atoms with Gasteiger partial charge >= 0.3 is 0 Å². The molecule has 2 heterocycles. The Labute approximate surface area is 164 Å². The van der Waals surface area contributed by atoms with Crippen molar-refractivity contribution < 1.29 is 9.53 Å². The van der Waals surface area contributed by atoms with E-state index in [0.29, 0.717) is 29.8 Å². The number of hydrogen-bond donors (Lipinski definition) is 1. The van der Waals surface area contributed by atoms with E-state index in [9.17, 15) is 4.79 Å². The van der Waals surface area contributed by atoms with Crippen LogP contribution in [0.25, 0.3) is 10.9 Å². The zero-order chi connectivity index (χ0) is 19.0. The summed E-state index contributed by atoms with van der Waals surface area (Å²) < 4.78 is 5.63. The number of aromatic amines is 1. The summed E-state index contributed by atoms with van der Waals surface area (Å²) in [6.07, 6.45) is 0.841. The minimum atomic E-state index is 0.00460. The molecule has 3 aromatic rings. The number of benzene rings is 2. The molecule has 4 rings (SSSR count). The number of nitrogens with zero attached hydrogens (tertiary/aromatic N) is 1. The molecule has 2 aromatic carbocycles. The van der Waals surface area contributed by atoms with Gasteiger partial charge in [-0.3, -0.25) is 4.79 Å². The van der Waals surface area contributed by atoms with Crippen molar-refractivity contribution in [2.75, 3.05) is 13.2 Å². The quantitative estimate of drug-likeness (QED) is 0.696. The Balaban J connectivity index is 1.49. The zero-order valence-corrected chi connectivity index (χ0v) is 16.3. The Morgan fingerprint density at radius 2 is 2.00 bits per heavy atom. The predicted molar refractivity (Wildman–Crippen MR) is 108 cm³/mol. The molecular formula is C22H23ClN2O2. The molecular weight excluding hydrogens is 360 g/mol. The first-order valence-electron chi connectivity index (χ1n) is 9.31. The van der Waals surface area contributed by atoms with Crippen LogP contribution in [0, 0.1) is 0 Å². The molecule has 27 heavy (non-hydrogen) atoms. The van der Waals surface area contributed by atoms with Crippen molar-refractivity contribution in [1.82, 2.24) is 9.88 Å². The first-order valence-corrected chi connectivity index (χ1v) is 9.68. The highest BCUT2D eigenvalue weighted by Gasteiger charge is 2.24. The Hall–Kier alpha value is -2.46. The van der Waals surface area contributed by atoms with E-state index in [0.717, 1.165) is 11.9 Å². The summed E-state index contributed by atoms with van der Waals surface area (Å²) >= 11 is 5.88. The van der Waals surface area contributed by atoms with E-state index in [1.807, 2.05) is 4.90 Å². The van der Waals surface area contributed by atoms with Crippen LogP contribution in [0.2, 0.25) is 5.02 Å². The van der Waals surface area contributed by atoms with Crippen molar-refractivity contribution in [2.45, 2.75) is 32.7 Å². The lowest BCUT2D eigenvalue weighted by molar-refractivity contribution is -0.134. The van der Waals surface area contributed by atoms with Crippen LogP contribution in [0.15, 0.2) is 42.5 Å². The highest BCUT2D eigenvalue weighted by atomic mass is 35.5. The maximum absolute atomic E-state index is 12.6. The molecule has 0 unspecified atom stereocenters. The largest absolute Gasteiger partial charge is 0.484 e. The topological polar surface area (TPSA) is 45.3 Å². The van der Waals surface area contributed by atoms with Gasteiger partial charge in [-0.1, -0.05) is 31.5 Å². The van der Waals surface area contributed by atoms with Gasteiger partial charge in [-0.25, -0.2) is 0 Å². The van der Waals surface area contributed by atoms with E-state index >= 15 is 0 Å². The van der Waals surface area contributed by atoms with Gasteiger partial charge in [0.15, 0.2) is 6.61 Å². The van der Waals surface area contributed by atoms with E-state index in [-0.39, 0.29) is 12.5 Å². The Morgan fingerprint density at radius 3 is 2.74 bits per heavy atom. The molecule has 0 saturated carbocycles. The number of nitrogens with one attached hydrogen (secondary N) is 1. The van der Waals surface area contributed by atoms with Gasteiger partial charge in [-0.15, -0.1) is 0 Å². The van der Waals surface area contributed by atoms with E-state index in [2.05, 4.69) is 37.0 Å². The van der Waals surface area contributed by atoms with Crippen LogP contribution in [-0.4, -0.2) is 28.9 Å². The van der Waals surface area contributed by atoms with Crippen LogP contribution in [0.5, 0.6) is 5.75 Å². The van der Waals surface area contributed by atoms with Gasteiger partial charge in [-0.05, 0) is 47.9 Å². The van der Waals surface area contributed by atoms with Gasteiger partial charge in [0.1, 0.15) is 5.75 Å². The lowest BCUT2D eigenvalue weighted by atomic mass is 9.98. The van der Waals surface area contributed by atoms with E-state index in [1.165, 1.54) is 22.2 Å². The van der Waals surface area contributed by atoms with E-state index in [4.69, 9.17) is 16.3 Å². The molecule has 1 aliphatic heterocycles. The van der Waals surface area contributed by atoms with Crippen LogP contribution in [0.3, 0.4) is 0 Å². The van der Waals surface area contributed by atoms with Crippen molar-refractivity contribution in [2.24, 2.45) is 0 Å². The van der Waals surface area contributed by atoms with Crippen LogP contribution in [0.1, 0.15) is 36.6 Å². The fraction of sp³-hybridized carbons (Fsp3) is 0.318. The molecule has 0 spiro atoms. The van der Waals surface area contributed by atoms with Crippen molar-refractivity contribution >= 4 is 28.4 Å². The molecule has 0 fully saturated rings. The number of hydrogen-bond acceptors (Lipinski definition) is 2. The molecule has 0 bridgehead atoms. The summed E-state index contributed by atoms with van der Waals surface area (Å²) in [6.45, 7) is 5.77. The number of carbonyl (C=O) groups excluding carboxylic acids is 1. The molecule has 0 radical (unpaired) electrons. The van der Waals surface area contributed by atoms with E-state index in [1.54, 1.807) is 24.3 Å². The van der Waals surface area contributed by atoms with Crippen LogP contribution >= 0.6 is 11.6 Å². The van der Waals surface area contributed by atoms with Gasteiger partial charge in [-0.2, -0.15) is 0 Å². The molecule has 5 heteroatoms. The third kappa shape index (κ3) is 3.67. The Kier molecular flexibility index (Phi) is 4.83. The number of ether oxygens (including phenoxy) is 1. The maximum atomic E-state index is 12.6. The fourth-order valence-electron chi connectivity index (χ4n) is 3.57. The number of halogens is 1.